The van der Waals surface area contributed by atoms with E-state index in [0.29, 0.717) is 19.0 Å². The molecule has 0 bridgehead atoms. The van der Waals surface area contributed by atoms with Crippen LogP contribution in [0.3, 0.4) is 0 Å². The number of amides is 1. The molecule has 3 N–H and O–H groups in total. The standard InChI is InChI=1S/C12H23N3O4.2ClH/c1-14(2)7-9-3-5-15(6-4-9)12(18)19-8-10(13)11(16)17;;/h9-10H,3-8,13H2,1-2H3,(H,16,17);2*1H/t10-;;/m0../s1. The molecule has 7 nitrogen and oxygen atoms in total. The second-order valence-corrected chi connectivity index (χ2v) is 5.21. The van der Waals surface area contributed by atoms with E-state index in [1.807, 2.05) is 14.1 Å². The van der Waals surface area contributed by atoms with Crippen molar-refractivity contribution in [2.75, 3.05) is 40.3 Å². The predicted octanol–water partition coefficient (Wildman–Crippen LogP) is 0.652. The Morgan fingerprint density at radius 3 is 2.29 bits per heavy atom. The molecule has 0 aromatic carbocycles. The van der Waals surface area contributed by atoms with E-state index in [4.69, 9.17) is 15.6 Å². The van der Waals surface area contributed by atoms with Crippen molar-refractivity contribution in [2.24, 2.45) is 11.7 Å². The molecular formula is C12H25Cl2N3O4. The van der Waals surface area contributed by atoms with Crippen LogP contribution in [0.5, 0.6) is 0 Å². The number of carboxylic acid groups (broad SMARTS) is 1. The van der Waals surface area contributed by atoms with Crippen molar-refractivity contribution in [1.29, 1.82) is 0 Å². The number of carbonyl (C=O) groups is 2. The van der Waals surface area contributed by atoms with Gasteiger partial charge in [0.15, 0.2) is 0 Å². The molecule has 1 rings (SSSR count). The maximum absolute atomic E-state index is 11.7. The summed E-state index contributed by atoms with van der Waals surface area (Å²) in [7, 11) is 4.07. The van der Waals surface area contributed by atoms with Crippen molar-refractivity contribution in [3.63, 3.8) is 0 Å². The Labute approximate surface area is 137 Å². The van der Waals surface area contributed by atoms with Crippen LogP contribution in [-0.2, 0) is 9.53 Å². The van der Waals surface area contributed by atoms with Gasteiger partial charge in [0.25, 0.3) is 0 Å². The largest absolute Gasteiger partial charge is 0.480 e. The lowest BCUT2D eigenvalue weighted by Crippen LogP contribution is -2.43. The van der Waals surface area contributed by atoms with E-state index in [-0.39, 0.29) is 31.4 Å². The number of hydrogen-bond donors (Lipinski definition) is 2. The van der Waals surface area contributed by atoms with Crippen LogP contribution in [0, 0.1) is 5.92 Å². The maximum Gasteiger partial charge on any atom is 0.409 e. The van der Waals surface area contributed by atoms with E-state index in [1.54, 1.807) is 4.90 Å². The van der Waals surface area contributed by atoms with Crippen LogP contribution in [0.1, 0.15) is 12.8 Å². The summed E-state index contributed by atoms with van der Waals surface area (Å²) >= 11 is 0. The lowest BCUT2D eigenvalue weighted by atomic mass is 9.97. The smallest absolute Gasteiger partial charge is 0.409 e. The number of piperidine rings is 1. The zero-order valence-corrected chi connectivity index (χ0v) is 14.0. The predicted molar refractivity (Wildman–Crippen MR) is 84.3 cm³/mol. The number of ether oxygens (including phenoxy) is 1. The van der Waals surface area contributed by atoms with Crippen LogP contribution >= 0.6 is 24.8 Å². The van der Waals surface area contributed by atoms with E-state index >= 15 is 0 Å². The highest BCUT2D eigenvalue weighted by atomic mass is 35.5. The molecule has 1 aliphatic heterocycles. The lowest BCUT2D eigenvalue weighted by Gasteiger charge is -2.32. The molecule has 0 radical (unpaired) electrons. The Hall–Kier alpha value is -0.760. The van der Waals surface area contributed by atoms with Crippen LogP contribution in [0.25, 0.3) is 0 Å². The van der Waals surface area contributed by atoms with Gasteiger partial charge in [-0.2, -0.15) is 0 Å². The highest BCUT2D eigenvalue weighted by Crippen LogP contribution is 2.18. The van der Waals surface area contributed by atoms with E-state index in [2.05, 4.69) is 4.90 Å². The van der Waals surface area contributed by atoms with Gasteiger partial charge < -0.3 is 25.4 Å². The molecule has 0 aromatic rings. The summed E-state index contributed by atoms with van der Waals surface area (Å²) in [4.78, 5) is 26.0. The van der Waals surface area contributed by atoms with Crippen molar-refractivity contribution >= 4 is 36.9 Å². The number of nitrogens with zero attached hydrogens (tertiary/aromatic N) is 2. The zero-order chi connectivity index (χ0) is 14.4. The normalized spacial score (nSPS) is 16.7. The number of hydrogen-bond acceptors (Lipinski definition) is 5. The van der Waals surface area contributed by atoms with Gasteiger partial charge in [0.05, 0.1) is 0 Å². The molecule has 1 saturated heterocycles. The summed E-state index contributed by atoms with van der Waals surface area (Å²) in [5, 5.41) is 8.59. The van der Waals surface area contributed by atoms with Crippen LogP contribution in [0.4, 0.5) is 4.79 Å². The minimum Gasteiger partial charge on any atom is -0.480 e. The fourth-order valence-corrected chi connectivity index (χ4v) is 2.14. The lowest BCUT2D eigenvalue weighted by molar-refractivity contribution is -0.139. The molecule has 21 heavy (non-hydrogen) atoms. The molecule has 0 unspecified atom stereocenters. The SMILES string of the molecule is CN(C)CC1CCN(C(=O)OC[C@H](N)C(=O)O)CC1.Cl.Cl. The highest BCUT2D eigenvalue weighted by molar-refractivity contribution is 5.85. The summed E-state index contributed by atoms with van der Waals surface area (Å²) < 4.78 is 4.89. The van der Waals surface area contributed by atoms with Crippen LogP contribution in [-0.4, -0.2) is 73.3 Å². The van der Waals surface area contributed by atoms with Crippen molar-refractivity contribution < 1.29 is 19.4 Å². The minimum absolute atomic E-state index is 0. The summed E-state index contributed by atoms with van der Waals surface area (Å²) in [5.41, 5.74) is 5.27. The number of likely N-dealkylation sites (tertiary alicyclic amines) is 1. The molecule has 1 amide bonds. The number of halogens is 2. The van der Waals surface area contributed by atoms with Gasteiger partial charge in [-0.3, -0.25) is 4.79 Å². The number of aliphatic carboxylic acids is 1. The molecular weight excluding hydrogens is 321 g/mol. The molecule has 0 saturated carbocycles. The van der Waals surface area contributed by atoms with E-state index in [0.717, 1.165) is 19.4 Å². The van der Waals surface area contributed by atoms with E-state index in [9.17, 15) is 9.59 Å². The molecule has 0 spiro atoms. The average Bonchev–Trinajstić information content (AvgIpc) is 2.35. The van der Waals surface area contributed by atoms with Gasteiger partial charge in [0.1, 0.15) is 12.6 Å². The molecule has 0 aliphatic carbocycles. The van der Waals surface area contributed by atoms with Gasteiger partial charge in [-0.05, 0) is 32.9 Å². The average molecular weight is 346 g/mol. The summed E-state index contributed by atoms with van der Waals surface area (Å²) in [6.45, 7) is 2.04. The first kappa shape index (κ1) is 22.5. The van der Waals surface area contributed by atoms with Gasteiger partial charge >= 0.3 is 12.1 Å². The van der Waals surface area contributed by atoms with E-state index in [1.165, 1.54) is 0 Å². The van der Waals surface area contributed by atoms with Crippen LogP contribution < -0.4 is 5.73 Å². The third kappa shape index (κ3) is 8.31. The van der Waals surface area contributed by atoms with Crippen molar-refractivity contribution in [1.82, 2.24) is 9.80 Å². The van der Waals surface area contributed by atoms with Gasteiger partial charge in [-0.15, -0.1) is 24.8 Å². The highest BCUT2D eigenvalue weighted by Gasteiger charge is 2.25. The quantitative estimate of drug-likeness (QED) is 0.759. The summed E-state index contributed by atoms with van der Waals surface area (Å²) in [6.07, 6.45) is 1.41. The number of carbonyl (C=O) groups excluding carboxylic acids is 1. The topological polar surface area (TPSA) is 96.1 Å². The molecule has 1 aliphatic rings. The monoisotopic (exact) mass is 345 g/mol. The third-order valence-electron chi connectivity index (χ3n) is 3.20. The first-order chi connectivity index (χ1) is 8.90. The second-order valence-electron chi connectivity index (χ2n) is 5.21. The molecule has 1 heterocycles. The Morgan fingerprint density at radius 1 is 1.33 bits per heavy atom. The van der Waals surface area contributed by atoms with Crippen LogP contribution in [0.15, 0.2) is 0 Å². The maximum atomic E-state index is 11.7. The van der Waals surface area contributed by atoms with Crippen molar-refractivity contribution in [3.8, 4) is 0 Å². The fraction of sp³-hybridized carbons (Fsp3) is 0.833. The zero-order valence-electron chi connectivity index (χ0n) is 12.4. The molecule has 126 valence electrons. The van der Waals surface area contributed by atoms with Crippen molar-refractivity contribution in [2.45, 2.75) is 18.9 Å². The first-order valence-corrected chi connectivity index (χ1v) is 6.45. The van der Waals surface area contributed by atoms with Crippen molar-refractivity contribution in [3.05, 3.63) is 0 Å². The number of carboxylic acids is 1. The van der Waals surface area contributed by atoms with E-state index < -0.39 is 18.1 Å². The molecule has 1 fully saturated rings. The van der Waals surface area contributed by atoms with Gasteiger partial charge in [-0.1, -0.05) is 0 Å². The van der Waals surface area contributed by atoms with Gasteiger partial charge in [0.2, 0.25) is 0 Å². The number of nitrogens with two attached hydrogens (primary N) is 1. The third-order valence-corrected chi connectivity index (χ3v) is 3.20. The molecule has 9 heteroatoms. The number of rotatable bonds is 5. The molecule has 1 atom stereocenters. The van der Waals surface area contributed by atoms with Crippen LogP contribution in [0.2, 0.25) is 0 Å². The second kappa shape index (κ2) is 10.9. The minimum atomic E-state index is -1.17. The summed E-state index contributed by atoms with van der Waals surface area (Å²) in [6, 6.07) is -1.16. The Balaban J connectivity index is 0. The van der Waals surface area contributed by atoms with Gasteiger partial charge in [-0.25, -0.2) is 4.79 Å². The Morgan fingerprint density at radius 2 is 1.86 bits per heavy atom. The Kier molecular flexibility index (Phi) is 11.7. The first-order valence-electron chi connectivity index (χ1n) is 6.45. The molecule has 0 aromatic heterocycles. The van der Waals surface area contributed by atoms with Gasteiger partial charge in [0, 0.05) is 19.6 Å². The Bertz CT molecular complexity index is 324. The fourth-order valence-electron chi connectivity index (χ4n) is 2.14. The summed E-state index contributed by atoms with van der Waals surface area (Å²) in [5.74, 6) is -0.571.